The highest BCUT2D eigenvalue weighted by Crippen LogP contribution is 2.44. The Bertz CT molecular complexity index is 779. The third kappa shape index (κ3) is 3.21. The van der Waals surface area contributed by atoms with Gasteiger partial charge in [-0.3, -0.25) is 4.79 Å². The quantitative estimate of drug-likeness (QED) is 0.856. The number of hydrogen-bond donors (Lipinski definition) is 2. The minimum atomic E-state index is -0.251. The molecule has 2 aliphatic rings. The molecule has 0 spiro atoms. The molecule has 2 aromatic rings. The fourth-order valence-electron chi connectivity index (χ4n) is 4.31. The number of nitrogens with zero attached hydrogens (tertiary/aromatic N) is 4. The first-order chi connectivity index (χ1) is 12.2. The molecule has 1 saturated heterocycles. The summed E-state index contributed by atoms with van der Waals surface area (Å²) in [6.07, 6.45) is 4.49. The van der Waals surface area contributed by atoms with Gasteiger partial charge in [0.05, 0.1) is 5.41 Å². The number of carbonyl (C=O) groups excluding carboxylic acids is 1. The number of rotatable bonds is 4. The van der Waals surface area contributed by atoms with Crippen LogP contribution in [-0.2, 0) is 11.3 Å². The number of anilines is 1. The van der Waals surface area contributed by atoms with Gasteiger partial charge in [0.2, 0.25) is 5.91 Å². The summed E-state index contributed by atoms with van der Waals surface area (Å²) in [6.45, 7) is 4.45. The van der Waals surface area contributed by atoms with Crippen molar-refractivity contribution in [3.8, 4) is 11.4 Å². The van der Waals surface area contributed by atoms with Gasteiger partial charge >= 0.3 is 0 Å². The molecule has 8 heteroatoms. The zero-order valence-corrected chi connectivity index (χ0v) is 15.8. The van der Waals surface area contributed by atoms with Crippen molar-refractivity contribution in [2.45, 2.75) is 39.2 Å². The number of nitrogens with one attached hydrogen (secondary N) is 2. The molecule has 0 unspecified atom stereocenters. The maximum absolute atomic E-state index is 13.1. The molecule has 2 atom stereocenters. The molecule has 0 radical (unpaired) electrons. The monoisotopic (exact) mass is 376 g/mol. The number of halogens is 1. The molecule has 26 heavy (non-hydrogen) atoms. The molecule has 7 nitrogen and oxygen atoms in total. The van der Waals surface area contributed by atoms with Crippen molar-refractivity contribution in [1.82, 2.24) is 25.5 Å². The van der Waals surface area contributed by atoms with Gasteiger partial charge in [-0.1, -0.05) is 25.0 Å². The van der Waals surface area contributed by atoms with Gasteiger partial charge in [0, 0.05) is 24.3 Å². The largest absolute Gasteiger partial charge is 0.326 e. The van der Waals surface area contributed by atoms with E-state index in [0.29, 0.717) is 12.5 Å². The Morgan fingerprint density at radius 2 is 2.31 bits per heavy atom. The minimum Gasteiger partial charge on any atom is -0.326 e. The van der Waals surface area contributed by atoms with Crippen LogP contribution >= 0.6 is 12.4 Å². The molecule has 4 rings (SSSR count). The van der Waals surface area contributed by atoms with E-state index < -0.39 is 0 Å². The topological polar surface area (TPSA) is 84.7 Å². The second-order valence-electron chi connectivity index (χ2n) is 7.08. The molecule has 140 valence electrons. The van der Waals surface area contributed by atoms with Crippen molar-refractivity contribution in [2.24, 2.45) is 11.3 Å². The van der Waals surface area contributed by atoms with Crippen molar-refractivity contribution in [1.29, 1.82) is 0 Å². The molecule has 1 amide bonds. The first-order valence-corrected chi connectivity index (χ1v) is 9.12. The Morgan fingerprint density at radius 1 is 1.42 bits per heavy atom. The van der Waals surface area contributed by atoms with Crippen LogP contribution in [0.5, 0.6) is 0 Å². The summed E-state index contributed by atoms with van der Waals surface area (Å²) in [5.41, 5.74) is 1.46. The van der Waals surface area contributed by atoms with Crippen LogP contribution < -0.4 is 10.6 Å². The van der Waals surface area contributed by atoms with E-state index in [1.54, 1.807) is 4.68 Å². The lowest BCUT2D eigenvalue weighted by Gasteiger charge is -2.37. The Morgan fingerprint density at radius 3 is 3.15 bits per heavy atom. The molecule has 1 aromatic heterocycles. The molecule has 2 fully saturated rings. The average Bonchev–Trinajstić information content (AvgIpc) is 3.29. The van der Waals surface area contributed by atoms with Crippen molar-refractivity contribution in [2.75, 3.05) is 18.4 Å². The van der Waals surface area contributed by atoms with Gasteiger partial charge in [-0.25, -0.2) is 4.68 Å². The lowest BCUT2D eigenvalue weighted by molar-refractivity contribution is -0.128. The highest BCUT2D eigenvalue weighted by molar-refractivity contribution is 5.96. The van der Waals surface area contributed by atoms with E-state index in [1.807, 2.05) is 31.2 Å². The van der Waals surface area contributed by atoms with Gasteiger partial charge in [0.15, 0.2) is 5.82 Å². The third-order valence-corrected chi connectivity index (χ3v) is 5.70. The molecule has 2 heterocycles. The Labute approximate surface area is 159 Å². The highest BCUT2D eigenvalue weighted by atomic mass is 35.5. The normalized spacial score (nSPS) is 24.6. The first-order valence-electron chi connectivity index (χ1n) is 9.12. The maximum atomic E-state index is 13.1. The summed E-state index contributed by atoms with van der Waals surface area (Å²) in [5.74, 6) is 1.32. The van der Waals surface area contributed by atoms with Crippen molar-refractivity contribution in [3.05, 3.63) is 24.3 Å². The van der Waals surface area contributed by atoms with E-state index >= 15 is 0 Å². The molecule has 1 aliphatic carbocycles. The number of carbonyl (C=O) groups is 1. The lowest BCUT2D eigenvalue weighted by atomic mass is 9.67. The summed E-state index contributed by atoms with van der Waals surface area (Å²) >= 11 is 0. The summed E-state index contributed by atoms with van der Waals surface area (Å²) in [5, 5.41) is 18.4. The SMILES string of the molecule is CCn1nnnc1-c1cccc(NC(=O)[C@@]23CCCC[C@H]2CNC3)c1.Cl. The van der Waals surface area contributed by atoms with Crippen LogP contribution in [0, 0.1) is 11.3 Å². The van der Waals surface area contributed by atoms with Crippen LogP contribution in [0.1, 0.15) is 32.6 Å². The summed E-state index contributed by atoms with van der Waals surface area (Å²) < 4.78 is 1.75. The summed E-state index contributed by atoms with van der Waals surface area (Å²) in [6, 6.07) is 7.78. The van der Waals surface area contributed by atoms with E-state index in [-0.39, 0.29) is 23.7 Å². The van der Waals surface area contributed by atoms with Crippen molar-refractivity contribution >= 4 is 24.0 Å². The highest BCUT2D eigenvalue weighted by Gasteiger charge is 2.49. The van der Waals surface area contributed by atoms with Gasteiger partial charge in [0.25, 0.3) is 0 Å². The molecule has 1 aromatic carbocycles. The van der Waals surface area contributed by atoms with Crippen LogP contribution in [0.15, 0.2) is 24.3 Å². The van der Waals surface area contributed by atoms with E-state index in [4.69, 9.17) is 0 Å². The van der Waals surface area contributed by atoms with E-state index in [9.17, 15) is 4.79 Å². The van der Waals surface area contributed by atoms with Crippen LogP contribution in [0.3, 0.4) is 0 Å². The van der Waals surface area contributed by atoms with Gasteiger partial charge < -0.3 is 10.6 Å². The van der Waals surface area contributed by atoms with Gasteiger partial charge in [-0.15, -0.1) is 17.5 Å². The number of aromatic nitrogens is 4. The molecular formula is C18H25ClN6O. The summed E-state index contributed by atoms with van der Waals surface area (Å²) in [7, 11) is 0. The third-order valence-electron chi connectivity index (χ3n) is 5.70. The minimum absolute atomic E-state index is 0. The molecule has 1 saturated carbocycles. The smallest absolute Gasteiger partial charge is 0.232 e. The predicted octanol–water partition coefficient (Wildman–Crippen LogP) is 2.50. The summed E-state index contributed by atoms with van der Waals surface area (Å²) in [4.78, 5) is 13.1. The second-order valence-corrected chi connectivity index (χ2v) is 7.08. The van der Waals surface area contributed by atoms with E-state index in [2.05, 4.69) is 26.2 Å². The van der Waals surface area contributed by atoms with Gasteiger partial charge in [-0.05, 0) is 54.8 Å². The average molecular weight is 377 g/mol. The van der Waals surface area contributed by atoms with Crippen LogP contribution in [0.2, 0.25) is 0 Å². The fourth-order valence-corrected chi connectivity index (χ4v) is 4.31. The lowest BCUT2D eigenvalue weighted by Crippen LogP contribution is -2.44. The fraction of sp³-hybridized carbons (Fsp3) is 0.556. The van der Waals surface area contributed by atoms with Gasteiger partial charge in [0.1, 0.15) is 0 Å². The standard InChI is InChI=1S/C18H24N6O.ClH/c1-2-24-16(21-22-23-24)13-6-5-8-15(10-13)20-17(25)18-9-4-3-7-14(18)11-19-12-18;/h5-6,8,10,14,19H,2-4,7,9,11-12H2,1H3,(H,20,25);1H/t14-,18+;/m0./s1. The maximum Gasteiger partial charge on any atom is 0.232 e. The number of tetrazole rings is 1. The van der Waals surface area contributed by atoms with E-state index in [1.165, 1.54) is 6.42 Å². The zero-order valence-electron chi connectivity index (χ0n) is 14.9. The molecule has 1 aliphatic heterocycles. The number of amides is 1. The molecular weight excluding hydrogens is 352 g/mol. The van der Waals surface area contributed by atoms with E-state index in [0.717, 1.165) is 49.4 Å². The molecule has 2 N–H and O–H groups in total. The predicted molar refractivity (Wildman–Crippen MR) is 102 cm³/mol. The van der Waals surface area contributed by atoms with Crippen LogP contribution in [0.4, 0.5) is 5.69 Å². The Hall–Kier alpha value is -1.99. The number of aryl methyl sites for hydroxylation is 1. The van der Waals surface area contributed by atoms with Crippen molar-refractivity contribution in [3.63, 3.8) is 0 Å². The number of fused-ring (bicyclic) bond motifs is 1. The number of benzene rings is 1. The van der Waals surface area contributed by atoms with Gasteiger partial charge in [-0.2, -0.15) is 0 Å². The first kappa shape index (κ1) is 18.8. The van der Waals surface area contributed by atoms with Crippen molar-refractivity contribution < 1.29 is 4.79 Å². The number of hydrogen-bond acceptors (Lipinski definition) is 5. The van der Waals surface area contributed by atoms with Crippen LogP contribution in [-0.4, -0.2) is 39.2 Å². The van der Waals surface area contributed by atoms with Crippen LogP contribution in [0.25, 0.3) is 11.4 Å². The Kier molecular flexibility index (Phi) is 5.58. The zero-order chi connectivity index (χ0) is 17.3. The molecule has 0 bridgehead atoms. The Balaban J connectivity index is 0.00000196. The second kappa shape index (κ2) is 7.72.